The van der Waals surface area contributed by atoms with Gasteiger partial charge in [-0.2, -0.15) is 0 Å². The number of rotatable bonds is 5. The second-order valence-electron chi connectivity index (χ2n) is 8.02. The Bertz CT molecular complexity index is 1250. The van der Waals surface area contributed by atoms with E-state index in [-0.39, 0.29) is 18.4 Å². The van der Waals surface area contributed by atoms with Crippen molar-refractivity contribution >= 4 is 23.3 Å². The van der Waals surface area contributed by atoms with Crippen LogP contribution in [0.15, 0.2) is 60.7 Å². The van der Waals surface area contributed by atoms with Crippen molar-refractivity contribution < 1.29 is 27.8 Å². The summed E-state index contributed by atoms with van der Waals surface area (Å²) in [5.41, 5.74) is 1.81. The van der Waals surface area contributed by atoms with Crippen LogP contribution in [0.3, 0.4) is 0 Å². The number of benzene rings is 3. The van der Waals surface area contributed by atoms with E-state index in [1.165, 1.54) is 0 Å². The molecule has 2 aliphatic heterocycles. The summed E-state index contributed by atoms with van der Waals surface area (Å²) in [5, 5.41) is 2.58. The lowest BCUT2D eigenvalue weighted by Crippen LogP contribution is -2.49. The van der Waals surface area contributed by atoms with Gasteiger partial charge in [-0.15, -0.1) is 0 Å². The molecule has 2 aliphatic rings. The molecule has 0 saturated carbocycles. The third-order valence-corrected chi connectivity index (χ3v) is 5.73. The molecule has 0 spiro atoms. The van der Waals surface area contributed by atoms with Gasteiger partial charge < -0.3 is 19.7 Å². The van der Waals surface area contributed by atoms with E-state index < -0.39 is 17.5 Å². The Morgan fingerprint density at radius 3 is 2.53 bits per heavy atom. The summed E-state index contributed by atoms with van der Waals surface area (Å²) in [5.74, 6) is -0.997. The molecule has 1 saturated heterocycles. The normalized spacial score (nSPS) is 14.9. The number of hydrogen-bond acceptors (Lipinski definition) is 4. The fraction of sp³-hybridized carbons (Fsp3) is 0.200. The van der Waals surface area contributed by atoms with Gasteiger partial charge in [0.1, 0.15) is 11.6 Å². The van der Waals surface area contributed by atoms with Crippen LogP contribution in [0.5, 0.6) is 11.5 Å². The predicted molar refractivity (Wildman–Crippen MR) is 121 cm³/mol. The van der Waals surface area contributed by atoms with Crippen molar-refractivity contribution in [3.63, 3.8) is 0 Å². The number of hydrogen-bond donors (Lipinski definition) is 1. The molecule has 9 heteroatoms. The zero-order chi connectivity index (χ0) is 23.7. The predicted octanol–water partition coefficient (Wildman–Crippen LogP) is 4.78. The summed E-state index contributed by atoms with van der Waals surface area (Å²) >= 11 is 0. The van der Waals surface area contributed by atoms with Crippen molar-refractivity contribution in [1.29, 1.82) is 0 Å². The molecule has 0 atom stereocenters. The van der Waals surface area contributed by atoms with Gasteiger partial charge in [-0.3, -0.25) is 9.69 Å². The van der Waals surface area contributed by atoms with Crippen LogP contribution in [0.1, 0.15) is 22.3 Å². The van der Waals surface area contributed by atoms with Gasteiger partial charge in [0, 0.05) is 37.1 Å². The molecule has 5 rings (SSSR count). The highest BCUT2D eigenvalue weighted by atomic mass is 19.1. The maximum Gasteiger partial charge on any atom is 0.324 e. The number of nitrogens with one attached hydrogen (secondary N) is 1. The standard InChI is InChI=1S/C25H21F2N3O4/c26-17-3-8-20(21(27)13-17)24(31)28-18-4-6-19(7-5-18)30-11-1-10-29(25(30)32)14-16-2-9-22-23(12-16)34-15-33-22/h2-9,12-13H,1,10-11,14-15H2,(H,28,31). The molecule has 2 heterocycles. The molecule has 34 heavy (non-hydrogen) atoms. The Labute approximate surface area is 194 Å². The molecule has 0 aliphatic carbocycles. The molecule has 3 aromatic rings. The Balaban J connectivity index is 1.25. The first-order valence-corrected chi connectivity index (χ1v) is 10.8. The highest BCUT2D eigenvalue weighted by Gasteiger charge is 2.27. The summed E-state index contributed by atoms with van der Waals surface area (Å²) in [4.78, 5) is 28.9. The molecule has 7 nitrogen and oxygen atoms in total. The smallest absolute Gasteiger partial charge is 0.324 e. The number of halogens is 2. The number of urea groups is 1. The fourth-order valence-electron chi connectivity index (χ4n) is 4.02. The first-order valence-electron chi connectivity index (χ1n) is 10.8. The zero-order valence-electron chi connectivity index (χ0n) is 18.1. The molecule has 3 aromatic carbocycles. The Kier molecular flexibility index (Phi) is 5.75. The molecule has 0 unspecified atom stereocenters. The van der Waals surface area contributed by atoms with Crippen molar-refractivity contribution in [2.24, 2.45) is 0 Å². The van der Waals surface area contributed by atoms with Crippen LogP contribution in [0.2, 0.25) is 0 Å². The molecule has 1 fully saturated rings. The van der Waals surface area contributed by atoms with E-state index in [4.69, 9.17) is 9.47 Å². The van der Waals surface area contributed by atoms with Gasteiger partial charge in [0.25, 0.3) is 5.91 Å². The average molecular weight is 465 g/mol. The molecule has 0 bridgehead atoms. The highest BCUT2D eigenvalue weighted by Crippen LogP contribution is 2.33. The Morgan fingerprint density at radius 1 is 0.941 bits per heavy atom. The van der Waals surface area contributed by atoms with Crippen LogP contribution in [0.25, 0.3) is 0 Å². The van der Waals surface area contributed by atoms with E-state index in [0.717, 1.165) is 24.1 Å². The summed E-state index contributed by atoms with van der Waals surface area (Å²) in [6.07, 6.45) is 0.804. The molecular formula is C25H21F2N3O4. The van der Waals surface area contributed by atoms with Crippen LogP contribution in [0.4, 0.5) is 25.0 Å². The zero-order valence-corrected chi connectivity index (χ0v) is 18.1. The molecule has 1 N–H and O–H groups in total. The summed E-state index contributed by atoms with van der Waals surface area (Å²) in [6, 6.07) is 15.0. The van der Waals surface area contributed by atoms with Crippen LogP contribution >= 0.6 is 0 Å². The van der Waals surface area contributed by atoms with Crippen molar-refractivity contribution in [3.8, 4) is 11.5 Å². The first kappa shape index (κ1) is 21.7. The number of amides is 3. The maximum atomic E-state index is 13.8. The van der Waals surface area contributed by atoms with Gasteiger partial charge in [-0.1, -0.05) is 6.07 Å². The van der Waals surface area contributed by atoms with Gasteiger partial charge in [0.2, 0.25) is 6.79 Å². The van der Waals surface area contributed by atoms with Crippen LogP contribution in [0, 0.1) is 11.6 Å². The number of carbonyl (C=O) groups is 2. The first-order chi connectivity index (χ1) is 16.5. The molecule has 0 aromatic heterocycles. The summed E-state index contributed by atoms with van der Waals surface area (Å²) < 4.78 is 37.7. The number of nitrogens with zero attached hydrogens (tertiary/aromatic N) is 2. The monoisotopic (exact) mass is 465 g/mol. The largest absolute Gasteiger partial charge is 0.454 e. The van der Waals surface area contributed by atoms with Crippen LogP contribution in [-0.4, -0.2) is 36.7 Å². The lowest BCUT2D eigenvalue weighted by molar-refractivity contribution is 0.102. The van der Waals surface area contributed by atoms with E-state index in [2.05, 4.69) is 5.32 Å². The minimum absolute atomic E-state index is 0.117. The number of fused-ring (bicyclic) bond motifs is 1. The molecule has 0 radical (unpaired) electrons. The number of ether oxygens (including phenoxy) is 2. The van der Waals surface area contributed by atoms with Crippen molar-refractivity contribution in [2.75, 3.05) is 30.1 Å². The lowest BCUT2D eigenvalue weighted by Gasteiger charge is -2.35. The van der Waals surface area contributed by atoms with Crippen molar-refractivity contribution in [2.45, 2.75) is 13.0 Å². The Morgan fingerprint density at radius 2 is 1.74 bits per heavy atom. The van der Waals surface area contributed by atoms with E-state index in [0.29, 0.717) is 48.6 Å². The minimum atomic E-state index is -0.935. The average Bonchev–Trinajstić information content (AvgIpc) is 3.29. The fourth-order valence-corrected chi connectivity index (χ4v) is 4.02. The minimum Gasteiger partial charge on any atom is -0.454 e. The summed E-state index contributed by atoms with van der Waals surface area (Å²) in [6.45, 7) is 1.86. The SMILES string of the molecule is O=C(Nc1ccc(N2CCCN(Cc3ccc4c(c3)OCO4)C2=O)cc1)c1ccc(F)cc1F. The van der Waals surface area contributed by atoms with Crippen molar-refractivity contribution in [1.82, 2.24) is 4.90 Å². The van der Waals surface area contributed by atoms with E-state index >= 15 is 0 Å². The quantitative estimate of drug-likeness (QED) is 0.589. The maximum absolute atomic E-state index is 13.8. The van der Waals surface area contributed by atoms with Gasteiger partial charge in [0.05, 0.1) is 5.56 Å². The van der Waals surface area contributed by atoms with Gasteiger partial charge in [-0.05, 0) is 60.5 Å². The second kappa shape index (κ2) is 9.01. The molecule has 3 amide bonds. The topological polar surface area (TPSA) is 71.1 Å². The third-order valence-electron chi connectivity index (χ3n) is 5.73. The van der Waals surface area contributed by atoms with Gasteiger partial charge in [-0.25, -0.2) is 13.6 Å². The van der Waals surface area contributed by atoms with E-state index in [1.807, 2.05) is 18.2 Å². The van der Waals surface area contributed by atoms with E-state index in [1.54, 1.807) is 34.1 Å². The van der Waals surface area contributed by atoms with E-state index in [9.17, 15) is 18.4 Å². The third kappa shape index (κ3) is 4.36. The molecular weight excluding hydrogens is 444 g/mol. The van der Waals surface area contributed by atoms with Gasteiger partial charge in [0.15, 0.2) is 11.5 Å². The number of carbonyl (C=O) groups excluding carboxylic acids is 2. The Hall–Kier alpha value is -4.14. The van der Waals surface area contributed by atoms with Crippen LogP contribution in [-0.2, 0) is 6.54 Å². The number of anilines is 2. The second-order valence-corrected chi connectivity index (χ2v) is 8.02. The van der Waals surface area contributed by atoms with Gasteiger partial charge >= 0.3 is 6.03 Å². The highest BCUT2D eigenvalue weighted by molar-refractivity contribution is 6.04. The lowest BCUT2D eigenvalue weighted by atomic mass is 10.1. The van der Waals surface area contributed by atoms with Crippen molar-refractivity contribution in [3.05, 3.63) is 83.4 Å². The van der Waals surface area contributed by atoms with Crippen LogP contribution < -0.4 is 19.7 Å². The molecule has 174 valence electrons. The summed E-state index contributed by atoms with van der Waals surface area (Å²) in [7, 11) is 0.